The monoisotopic (exact) mass is 350 g/mol. The molecule has 2 N–H and O–H groups in total. The molecular formula is C19H24Cl2N2. The predicted octanol–water partition coefficient (Wildman–Crippen LogP) is 5.36. The first-order chi connectivity index (χ1) is 11.1. The lowest BCUT2D eigenvalue weighted by Gasteiger charge is -2.13. The van der Waals surface area contributed by atoms with Gasteiger partial charge in [-0.2, -0.15) is 0 Å². The summed E-state index contributed by atoms with van der Waals surface area (Å²) in [7, 11) is 0. The fourth-order valence-corrected chi connectivity index (χ4v) is 2.47. The van der Waals surface area contributed by atoms with E-state index in [4.69, 9.17) is 23.2 Å². The van der Waals surface area contributed by atoms with Gasteiger partial charge in [0.15, 0.2) is 0 Å². The number of alkyl halides is 2. The van der Waals surface area contributed by atoms with Gasteiger partial charge in [0.05, 0.1) is 0 Å². The van der Waals surface area contributed by atoms with Crippen molar-refractivity contribution >= 4 is 34.6 Å². The normalized spacial score (nSPS) is 13.4. The lowest BCUT2D eigenvalue weighted by molar-refractivity contribution is 0.907. The fourth-order valence-electron chi connectivity index (χ4n) is 2.32. The van der Waals surface area contributed by atoms with E-state index < -0.39 is 0 Å². The van der Waals surface area contributed by atoms with E-state index in [0.29, 0.717) is 11.8 Å². The van der Waals surface area contributed by atoms with E-state index in [1.165, 1.54) is 11.1 Å². The van der Waals surface area contributed by atoms with Crippen LogP contribution in [0.25, 0.3) is 0 Å². The Kier molecular flexibility index (Phi) is 7.07. The van der Waals surface area contributed by atoms with Crippen LogP contribution in [0.3, 0.4) is 0 Å². The van der Waals surface area contributed by atoms with Crippen LogP contribution in [0.15, 0.2) is 48.5 Å². The molecule has 2 unspecified atom stereocenters. The highest BCUT2D eigenvalue weighted by molar-refractivity contribution is 6.18. The molecule has 23 heavy (non-hydrogen) atoms. The molecule has 0 aromatic heterocycles. The third-order valence-corrected chi connectivity index (χ3v) is 4.53. The topological polar surface area (TPSA) is 24.1 Å². The molecule has 4 heteroatoms. The molecule has 0 heterocycles. The molecule has 0 saturated carbocycles. The summed E-state index contributed by atoms with van der Waals surface area (Å²) in [6.45, 7) is 4.14. The number of hydrogen-bond donors (Lipinski definition) is 2. The molecule has 0 aliphatic rings. The molecule has 0 aliphatic carbocycles. The van der Waals surface area contributed by atoms with Crippen molar-refractivity contribution in [1.29, 1.82) is 0 Å². The lowest BCUT2D eigenvalue weighted by Crippen LogP contribution is -2.16. The van der Waals surface area contributed by atoms with E-state index in [1.807, 2.05) is 0 Å². The van der Waals surface area contributed by atoms with Gasteiger partial charge in [-0.3, -0.25) is 0 Å². The second-order valence-electron chi connectivity index (χ2n) is 5.97. The van der Waals surface area contributed by atoms with E-state index in [2.05, 4.69) is 73.0 Å². The van der Waals surface area contributed by atoms with Gasteiger partial charge in [-0.25, -0.2) is 0 Å². The Morgan fingerprint density at radius 1 is 0.696 bits per heavy atom. The molecule has 0 fully saturated rings. The van der Waals surface area contributed by atoms with Crippen molar-refractivity contribution in [3.63, 3.8) is 0 Å². The fraction of sp³-hybridized carbons (Fsp3) is 0.368. The summed E-state index contributed by atoms with van der Waals surface area (Å²) in [5.74, 6) is 1.20. The first kappa shape index (κ1) is 18.0. The SMILES string of the molecule is CC(CCl)Nc1ccc(Cc2ccc(NC(C)CCl)cc2)cc1. The smallest absolute Gasteiger partial charge is 0.0423 e. The zero-order valence-electron chi connectivity index (χ0n) is 13.7. The van der Waals surface area contributed by atoms with Crippen LogP contribution >= 0.6 is 23.2 Å². The third kappa shape index (κ3) is 5.96. The van der Waals surface area contributed by atoms with Crippen LogP contribution in [-0.4, -0.2) is 23.8 Å². The minimum absolute atomic E-state index is 0.276. The van der Waals surface area contributed by atoms with Crippen molar-refractivity contribution in [2.45, 2.75) is 32.4 Å². The van der Waals surface area contributed by atoms with Gasteiger partial charge in [0, 0.05) is 35.2 Å². The van der Waals surface area contributed by atoms with E-state index >= 15 is 0 Å². The quantitative estimate of drug-likeness (QED) is 0.626. The Labute approximate surface area is 149 Å². The molecule has 0 amide bonds. The Bertz CT molecular complexity index is 528. The summed E-state index contributed by atoms with van der Waals surface area (Å²) in [5.41, 5.74) is 4.81. The second kappa shape index (κ2) is 9.05. The number of nitrogens with one attached hydrogen (secondary N) is 2. The summed E-state index contributed by atoms with van der Waals surface area (Å²) >= 11 is 11.6. The van der Waals surface area contributed by atoms with Crippen LogP contribution in [0.4, 0.5) is 11.4 Å². The summed E-state index contributed by atoms with van der Waals surface area (Å²) in [5, 5.41) is 6.73. The average molecular weight is 351 g/mol. The molecule has 124 valence electrons. The minimum Gasteiger partial charge on any atom is -0.381 e. The van der Waals surface area contributed by atoms with E-state index in [-0.39, 0.29) is 12.1 Å². The highest BCUT2D eigenvalue weighted by Crippen LogP contribution is 2.17. The molecule has 0 aliphatic heterocycles. The van der Waals surface area contributed by atoms with Gasteiger partial charge in [-0.05, 0) is 55.7 Å². The first-order valence-electron chi connectivity index (χ1n) is 7.93. The van der Waals surface area contributed by atoms with E-state index in [1.54, 1.807) is 0 Å². The highest BCUT2D eigenvalue weighted by Gasteiger charge is 2.02. The molecule has 0 bridgehead atoms. The Balaban J connectivity index is 1.94. The second-order valence-corrected chi connectivity index (χ2v) is 6.59. The molecule has 2 atom stereocenters. The van der Waals surface area contributed by atoms with Crippen LogP contribution in [0, 0.1) is 0 Å². The molecule has 0 spiro atoms. The molecule has 2 aromatic rings. The molecule has 2 rings (SSSR count). The van der Waals surface area contributed by atoms with Crippen molar-refractivity contribution < 1.29 is 0 Å². The average Bonchev–Trinajstić information content (AvgIpc) is 2.58. The van der Waals surface area contributed by atoms with Crippen molar-refractivity contribution in [2.75, 3.05) is 22.4 Å². The van der Waals surface area contributed by atoms with Crippen molar-refractivity contribution in [2.24, 2.45) is 0 Å². The number of halogens is 2. The molecule has 0 radical (unpaired) electrons. The van der Waals surface area contributed by atoms with Gasteiger partial charge in [-0.15, -0.1) is 23.2 Å². The summed E-state index contributed by atoms with van der Waals surface area (Å²) in [6, 6.07) is 17.6. The van der Waals surface area contributed by atoms with Crippen molar-refractivity contribution in [3.8, 4) is 0 Å². The zero-order chi connectivity index (χ0) is 16.7. The first-order valence-corrected chi connectivity index (χ1v) is 9.00. The van der Waals surface area contributed by atoms with Gasteiger partial charge in [0.2, 0.25) is 0 Å². The number of hydrogen-bond acceptors (Lipinski definition) is 2. The van der Waals surface area contributed by atoms with Crippen LogP contribution in [0.2, 0.25) is 0 Å². The van der Waals surface area contributed by atoms with Crippen LogP contribution in [0.1, 0.15) is 25.0 Å². The van der Waals surface area contributed by atoms with Gasteiger partial charge >= 0.3 is 0 Å². The molecule has 0 saturated heterocycles. The zero-order valence-corrected chi connectivity index (χ0v) is 15.2. The maximum Gasteiger partial charge on any atom is 0.0423 e. The third-order valence-electron chi connectivity index (χ3n) is 3.61. The van der Waals surface area contributed by atoms with Gasteiger partial charge in [0.25, 0.3) is 0 Å². The Hall–Kier alpha value is -1.38. The van der Waals surface area contributed by atoms with Gasteiger partial charge in [-0.1, -0.05) is 24.3 Å². The lowest BCUT2D eigenvalue weighted by atomic mass is 10.0. The van der Waals surface area contributed by atoms with Gasteiger partial charge in [0.1, 0.15) is 0 Å². The van der Waals surface area contributed by atoms with Gasteiger partial charge < -0.3 is 10.6 Å². The summed E-state index contributed by atoms with van der Waals surface area (Å²) in [6.07, 6.45) is 0.927. The summed E-state index contributed by atoms with van der Waals surface area (Å²) in [4.78, 5) is 0. The summed E-state index contributed by atoms with van der Waals surface area (Å²) < 4.78 is 0. The largest absolute Gasteiger partial charge is 0.381 e. The maximum atomic E-state index is 5.82. The van der Waals surface area contributed by atoms with Crippen LogP contribution in [-0.2, 0) is 6.42 Å². The van der Waals surface area contributed by atoms with Crippen molar-refractivity contribution in [3.05, 3.63) is 59.7 Å². The highest BCUT2D eigenvalue weighted by atomic mass is 35.5. The maximum absolute atomic E-state index is 5.82. The van der Waals surface area contributed by atoms with Crippen LogP contribution in [0.5, 0.6) is 0 Å². The van der Waals surface area contributed by atoms with E-state index in [0.717, 1.165) is 17.8 Å². The molecular weight excluding hydrogens is 327 g/mol. The minimum atomic E-state index is 0.276. The molecule has 2 aromatic carbocycles. The predicted molar refractivity (Wildman–Crippen MR) is 103 cm³/mol. The molecule has 2 nitrogen and oxygen atoms in total. The van der Waals surface area contributed by atoms with Crippen molar-refractivity contribution in [1.82, 2.24) is 0 Å². The Morgan fingerprint density at radius 3 is 1.35 bits per heavy atom. The Morgan fingerprint density at radius 2 is 1.04 bits per heavy atom. The number of anilines is 2. The van der Waals surface area contributed by atoms with E-state index in [9.17, 15) is 0 Å². The standard InChI is InChI=1S/C19H24Cl2N2/c1-14(12-20)22-18-7-3-16(4-8-18)11-17-5-9-19(10-6-17)23-15(2)13-21/h3-10,14-15,22-23H,11-13H2,1-2H3. The number of rotatable bonds is 8. The van der Waals surface area contributed by atoms with Crippen LogP contribution < -0.4 is 10.6 Å². The number of benzene rings is 2.